The maximum atomic E-state index is 12.6. The Morgan fingerprint density at radius 3 is 2.58 bits per heavy atom. The Balaban J connectivity index is 2.73. The summed E-state index contributed by atoms with van der Waals surface area (Å²) in [6.07, 6.45) is 1.77. The summed E-state index contributed by atoms with van der Waals surface area (Å²) in [5.41, 5.74) is 0.650. The van der Waals surface area contributed by atoms with Crippen molar-refractivity contribution in [2.24, 2.45) is 0 Å². The Kier molecular flexibility index (Phi) is 6.12. The van der Waals surface area contributed by atoms with Crippen LogP contribution in [0.25, 0.3) is 11.6 Å². The number of halogens is 1. The molecule has 0 aliphatic carbocycles. The number of hydrogen-bond acceptors (Lipinski definition) is 4. The van der Waals surface area contributed by atoms with Crippen LogP contribution in [0, 0.1) is 11.3 Å². The Morgan fingerprint density at radius 1 is 1.38 bits per heavy atom. The lowest BCUT2D eigenvalue weighted by Crippen LogP contribution is -2.34. The highest BCUT2D eigenvalue weighted by Crippen LogP contribution is 2.10. The van der Waals surface area contributed by atoms with Gasteiger partial charge in [-0.15, -0.1) is 11.3 Å². The Morgan fingerprint density at radius 2 is 2.04 bits per heavy atom. The molecule has 2 aromatic rings. The molecule has 0 radical (unpaired) electrons. The average Bonchev–Trinajstić information content (AvgIpc) is 2.86. The fourth-order valence-corrected chi connectivity index (χ4v) is 3.58. The van der Waals surface area contributed by atoms with Crippen LogP contribution < -0.4 is 20.1 Å². The average molecular weight is 406 g/mol. The van der Waals surface area contributed by atoms with E-state index in [0.717, 1.165) is 21.4 Å². The molecule has 0 aliphatic heterocycles. The van der Waals surface area contributed by atoms with Crippen LogP contribution >= 0.6 is 27.3 Å². The molecule has 1 amide bonds. The third-order valence-corrected chi connectivity index (χ3v) is 4.94. The summed E-state index contributed by atoms with van der Waals surface area (Å²) >= 11 is 4.53. The Hall–Kier alpha value is -2.17. The fraction of sp³-hybridized carbons (Fsp3) is 0.235. The van der Waals surface area contributed by atoms with Crippen LogP contribution in [-0.2, 0) is 11.3 Å². The molecule has 124 valence electrons. The van der Waals surface area contributed by atoms with Gasteiger partial charge in [-0.2, -0.15) is 5.26 Å². The van der Waals surface area contributed by atoms with Crippen molar-refractivity contribution in [3.8, 4) is 6.07 Å². The van der Waals surface area contributed by atoms with Gasteiger partial charge >= 0.3 is 0 Å². The highest BCUT2D eigenvalue weighted by Gasteiger charge is 2.14. The van der Waals surface area contributed by atoms with Crippen molar-refractivity contribution in [2.45, 2.75) is 20.4 Å². The summed E-state index contributed by atoms with van der Waals surface area (Å²) in [6, 6.07) is 9.48. The summed E-state index contributed by atoms with van der Waals surface area (Å²) in [5.74, 6) is -0.460. The van der Waals surface area contributed by atoms with Gasteiger partial charge in [0.1, 0.15) is 10.7 Å². The molecule has 0 atom stereocenters. The number of carbonyl (C=O) groups is 1. The number of hydrogen-bond donors (Lipinski definition) is 1. The van der Waals surface area contributed by atoms with E-state index >= 15 is 0 Å². The molecule has 0 saturated carbocycles. The number of aromatic nitrogens is 1. The monoisotopic (exact) mass is 405 g/mol. The van der Waals surface area contributed by atoms with Gasteiger partial charge < -0.3 is 5.32 Å². The first-order chi connectivity index (χ1) is 11.5. The highest BCUT2D eigenvalue weighted by atomic mass is 79.9. The smallest absolute Gasteiger partial charge is 0.269 e. The highest BCUT2D eigenvalue weighted by molar-refractivity contribution is 9.10. The number of benzene rings is 1. The molecule has 0 saturated heterocycles. The molecule has 0 bridgehead atoms. The molecular formula is C17H16BrN3O2S. The van der Waals surface area contributed by atoms with Crippen LogP contribution in [0.3, 0.4) is 0 Å². The van der Waals surface area contributed by atoms with Crippen LogP contribution in [-0.4, -0.2) is 17.0 Å². The molecule has 0 unspecified atom stereocenters. The van der Waals surface area contributed by atoms with Crippen molar-refractivity contribution in [3.63, 3.8) is 0 Å². The summed E-state index contributed by atoms with van der Waals surface area (Å²) in [5, 5.41) is 12.0. The number of nitrogens with zero attached hydrogens (tertiary/aromatic N) is 2. The second-order valence-electron chi connectivity index (χ2n) is 4.86. The second kappa shape index (κ2) is 8.08. The first-order valence-corrected chi connectivity index (χ1v) is 9.02. The van der Waals surface area contributed by atoms with Crippen molar-refractivity contribution in [2.75, 3.05) is 6.54 Å². The lowest BCUT2D eigenvalue weighted by Gasteiger charge is -2.00. The van der Waals surface area contributed by atoms with Gasteiger partial charge in [0.25, 0.3) is 11.5 Å². The van der Waals surface area contributed by atoms with Crippen molar-refractivity contribution >= 4 is 44.8 Å². The van der Waals surface area contributed by atoms with Gasteiger partial charge in [-0.25, -0.2) is 0 Å². The van der Waals surface area contributed by atoms with E-state index in [0.29, 0.717) is 22.3 Å². The summed E-state index contributed by atoms with van der Waals surface area (Å²) in [4.78, 5) is 24.6. The van der Waals surface area contributed by atoms with E-state index in [-0.39, 0.29) is 11.1 Å². The van der Waals surface area contributed by atoms with E-state index in [1.165, 1.54) is 4.57 Å². The molecular weight excluding hydrogens is 390 g/mol. The third-order valence-electron chi connectivity index (χ3n) is 3.28. The number of nitriles is 1. The van der Waals surface area contributed by atoms with Crippen LogP contribution in [0.1, 0.15) is 19.4 Å². The summed E-state index contributed by atoms with van der Waals surface area (Å²) in [6.45, 7) is 4.40. The minimum Gasteiger partial charge on any atom is -0.352 e. The van der Waals surface area contributed by atoms with E-state index in [2.05, 4.69) is 21.2 Å². The number of carbonyl (C=O) groups excluding carboxylic acids is 1. The van der Waals surface area contributed by atoms with Crippen molar-refractivity contribution in [1.82, 2.24) is 9.88 Å². The maximum absolute atomic E-state index is 12.6. The molecule has 2 rings (SSSR count). The minimum atomic E-state index is -0.460. The van der Waals surface area contributed by atoms with Gasteiger partial charge in [-0.3, -0.25) is 14.2 Å². The molecule has 0 fully saturated rings. The number of rotatable bonds is 4. The first-order valence-electron chi connectivity index (χ1n) is 7.41. The molecule has 0 aliphatic rings. The van der Waals surface area contributed by atoms with Crippen LogP contribution in [0.15, 0.2) is 33.5 Å². The van der Waals surface area contributed by atoms with E-state index in [9.17, 15) is 14.9 Å². The van der Waals surface area contributed by atoms with E-state index in [4.69, 9.17) is 0 Å². The van der Waals surface area contributed by atoms with Gasteiger partial charge in [0.05, 0.1) is 4.53 Å². The van der Waals surface area contributed by atoms with Gasteiger partial charge in [0.15, 0.2) is 5.57 Å². The minimum absolute atomic E-state index is 0.0312. The van der Waals surface area contributed by atoms with Crippen LogP contribution in [0.5, 0.6) is 0 Å². The van der Waals surface area contributed by atoms with Crippen molar-refractivity contribution < 1.29 is 4.79 Å². The van der Waals surface area contributed by atoms with E-state index < -0.39 is 5.91 Å². The lowest BCUT2D eigenvalue weighted by molar-refractivity contribution is -0.115. The molecule has 1 aromatic carbocycles. The lowest BCUT2D eigenvalue weighted by atomic mass is 10.2. The van der Waals surface area contributed by atoms with Gasteiger partial charge in [0, 0.05) is 17.6 Å². The zero-order valence-electron chi connectivity index (χ0n) is 13.3. The predicted molar refractivity (Wildman–Crippen MR) is 98.9 cm³/mol. The van der Waals surface area contributed by atoms with Gasteiger partial charge in [0.2, 0.25) is 0 Å². The number of thiazole rings is 1. The summed E-state index contributed by atoms with van der Waals surface area (Å²) < 4.78 is 3.29. The largest absolute Gasteiger partial charge is 0.352 e. The molecule has 24 heavy (non-hydrogen) atoms. The van der Waals surface area contributed by atoms with E-state index in [1.807, 2.05) is 37.3 Å². The fourth-order valence-electron chi connectivity index (χ4n) is 2.15. The normalized spacial score (nSPS) is 12.7. The molecule has 5 nitrogen and oxygen atoms in total. The van der Waals surface area contributed by atoms with Crippen molar-refractivity contribution in [3.05, 3.63) is 53.9 Å². The van der Waals surface area contributed by atoms with Gasteiger partial charge in [-0.1, -0.05) is 28.1 Å². The van der Waals surface area contributed by atoms with E-state index in [1.54, 1.807) is 13.0 Å². The van der Waals surface area contributed by atoms with Crippen molar-refractivity contribution in [1.29, 1.82) is 5.26 Å². The second-order valence-corrected chi connectivity index (χ2v) is 6.81. The third kappa shape index (κ3) is 3.83. The SMILES string of the molecule is CCNC(=O)C(C#N)=c1sc(=Cc2ccc(Br)cc2)c(=O)n1CC. The Bertz CT molecular complexity index is 965. The maximum Gasteiger partial charge on any atom is 0.269 e. The predicted octanol–water partition coefficient (Wildman–Crippen LogP) is 1.33. The van der Waals surface area contributed by atoms with Crippen LogP contribution in [0.4, 0.5) is 0 Å². The molecule has 0 spiro atoms. The molecule has 1 heterocycles. The molecule has 1 N–H and O–H groups in total. The quantitative estimate of drug-likeness (QED) is 0.833. The molecule has 7 heteroatoms. The van der Waals surface area contributed by atoms with Gasteiger partial charge in [-0.05, 0) is 37.6 Å². The molecule has 1 aromatic heterocycles. The first kappa shape index (κ1) is 18.2. The standard InChI is InChI=1S/C17H16BrN3O2S/c1-3-20-15(22)13(10-19)17-21(4-2)16(23)14(24-17)9-11-5-7-12(18)8-6-11/h5-9H,3-4H2,1-2H3,(H,20,22). The zero-order chi connectivity index (χ0) is 17.7. The summed E-state index contributed by atoms with van der Waals surface area (Å²) in [7, 11) is 0. The number of nitrogens with one attached hydrogen (secondary N) is 1. The van der Waals surface area contributed by atoms with Crippen LogP contribution in [0.2, 0.25) is 0 Å². The zero-order valence-corrected chi connectivity index (χ0v) is 15.7. The number of amides is 1. The Labute approximate surface area is 151 Å². The topological polar surface area (TPSA) is 74.9 Å².